The number of fused-ring (bicyclic) bond motifs is 1. The van der Waals surface area contributed by atoms with E-state index in [4.69, 9.17) is 14.2 Å². The first-order valence-corrected chi connectivity index (χ1v) is 11.4. The summed E-state index contributed by atoms with van der Waals surface area (Å²) in [5.74, 6) is -1.40. The third kappa shape index (κ3) is 5.11. The number of aromatic nitrogens is 4. The monoisotopic (exact) mass is 495 g/mol. The first-order valence-electron chi connectivity index (χ1n) is 10.5. The predicted octanol–water partition coefficient (Wildman–Crippen LogP) is 3.14. The van der Waals surface area contributed by atoms with Gasteiger partial charge >= 0.3 is 11.9 Å². The predicted molar refractivity (Wildman–Crippen MR) is 127 cm³/mol. The van der Waals surface area contributed by atoms with Crippen molar-refractivity contribution in [2.75, 3.05) is 25.6 Å². The fraction of sp³-hybridized carbons (Fsp3) is 0.217. The van der Waals surface area contributed by atoms with Crippen LogP contribution in [0.1, 0.15) is 33.6 Å². The number of methoxy groups -OCH3 is 1. The highest BCUT2D eigenvalue weighted by molar-refractivity contribution is 7.15. The van der Waals surface area contributed by atoms with Gasteiger partial charge in [0.2, 0.25) is 0 Å². The zero-order valence-electron chi connectivity index (χ0n) is 19.1. The number of hydrogen-bond donors (Lipinski definition) is 1. The zero-order chi connectivity index (χ0) is 24.9. The summed E-state index contributed by atoms with van der Waals surface area (Å²) in [6, 6.07) is 8.85. The van der Waals surface area contributed by atoms with Gasteiger partial charge < -0.3 is 19.5 Å². The second kappa shape index (κ2) is 10.3. The minimum absolute atomic E-state index is 0.169. The van der Waals surface area contributed by atoms with Gasteiger partial charge in [0.25, 0.3) is 17.5 Å². The second-order valence-electron chi connectivity index (χ2n) is 7.16. The van der Waals surface area contributed by atoms with Gasteiger partial charge in [0.15, 0.2) is 6.61 Å². The standard InChI is InChI=1S/C23H21N5O6S/c1-4-33-21(30)18-16(14-5-7-15(32-3)8-6-14)12-35-20(18)25-17(29)11-34-22(31)19-26-23-24-10-9-13(2)28(23)27-19/h5-10,12H,4,11H2,1-3H3,(H,25,29). The molecule has 1 aromatic carbocycles. The van der Waals surface area contributed by atoms with Crippen LogP contribution < -0.4 is 10.1 Å². The lowest BCUT2D eigenvalue weighted by Crippen LogP contribution is -2.22. The Kier molecular flexibility index (Phi) is 7.01. The summed E-state index contributed by atoms with van der Waals surface area (Å²) >= 11 is 1.16. The molecule has 3 heterocycles. The highest BCUT2D eigenvalue weighted by Gasteiger charge is 2.24. The number of anilines is 1. The molecule has 0 aliphatic heterocycles. The number of esters is 2. The molecule has 180 valence electrons. The molecule has 35 heavy (non-hydrogen) atoms. The Bertz CT molecular complexity index is 1400. The van der Waals surface area contributed by atoms with Gasteiger partial charge in [-0.15, -0.1) is 16.4 Å². The molecule has 0 bridgehead atoms. The zero-order valence-corrected chi connectivity index (χ0v) is 19.9. The molecule has 12 heteroatoms. The number of nitrogens with one attached hydrogen (secondary N) is 1. The Morgan fingerprint density at radius 2 is 1.86 bits per heavy atom. The molecule has 0 saturated heterocycles. The van der Waals surface area contributed by atoms with Crippen molar-refractivity contribution in [2.45, 2.75) is 13.8 Å². The van der Waals surface area contributed by atoms with Gasteiger partial charge in [-0.25, -0.2) is 19.1 Å². The van der Waals surface area contributed by atoms with Crippen LogP contribution >= 0.6 is 11.3 Å². The number of aryl methyl sites for hydroxylation is 1. The fourth-order valence-corrected chi connectivity index (χ4v) is 4.16. The van der Waals surface area contributed by atoms with Gasteiger partial charge in [-0.1, -0.05) is 12.1 Å². The van der Waals surface area contributed by atoms with Gasteiger partial charge in [0.1, 0.15) is 16.3 Å². The van der Waals surface area contributed by atoms with Crippen LogP contribution in [0.3, 0.4) is 0 Å². The molecule has 1 amide bonds. The molecule has 1 N–H and O–H groups in total. The maximum Gasteiger partial charge on any atom is 0.378 e. The number of benzene rings is 1. The van der Waals surface area contributed by atoms with E-state index < -0.39 is 24.5 Å². The van der Waals surface area contributed by atoms with E-state index in [0.29, 0.717) is 11.3 Å². The van der Waals surface area contributed by atoms with Crippen LogP contribution in [0, 0.1) is 6.92 Å². The molecule has 11 nitrogen and oxygen atoms in total. The average molecular weight is 496 g/mol. The molecule has 0 unspecified atom stereocenters. The van der Waals surface area contributed by atoms with Crippen molar-refractivity contribution in [1.29, 1.82) is 0 Å². The van der Waals surface area contributed by atoms with E-state index in [1.54, 1.807) is 62.9 Å². The Morgan fingerprint density at radius 3 is 2.54 bits per heavy atom. The van der Waals surface area contributed by atoms with Crippen LogP contribution in [0.15, 0.2) is 41.9 Å². The molecule has 0 saturated carbocycles. The number of carbonyl (C=O) groups is 3. The van der Waals surface area contributed by atoms with E-state index in [2.05, 4.69) is 20.4 Å². The van der Waals surface area contributed by atoms with Crippen molar-refractivity contribution in [3.63, 3.8) is 0 Å². The first kappa shape index (κ1) is 23.8. The van der Waals surface area contributed by atoms with Crippen LogP contribution in [0.4, 0.5) is 5.00 Å². The van der Waals surface area contributed by atoms with Crippen molar-refractivity contribution in [3.8, 4) is 16.9 Å². The van der Waals surface area contributed by atoms with Crippen LogP contribution in [0.25, 0.3) is 16.9 Å². The minimum atomic E-state index is -0.874. The number of carbonyl (C=O) groups excluding carboxylic acids is 3. The normalized spacial score (nSPS) is 10.7. The molecule has 4 rings (SSSR count). The van der Waals surface area contributed by atoms with Crippen LogP contribution in [0.2, 0.25) is 0 Å². The number of nitrogens with zero attached hydrogens (tertiary/aromatic N) is 4. The van der Waals surface area contributed by atoms with E-state index in [1.807, 2.05) is 0 Å². The summed E-state index contributed by atoms with van der Waals surface area (Å²) in [6.07, 6.45) is 1.55. The van der Waals surface area contributed by atoms with E-state index >= 15 is 0 Å². The lowest BCUT2D eigenvalue weighted by Gasteiger charge is -2.09. The Hall–Kier alpha value is -4.32. The van der Waals surface area contributed by atoms with Crippen LogP contribution in [-0.4, -0.2) is 57.8 Å². The number of thiophene rings is 1. The summed E-state index contributed by atoms with van der Waals surface area (Å²) < 4.78 is 16.8. The number of rotatable bonds is 8. The lowest BCUT2D eigenvalue weighted by molar-refractivity contribution is -0.119. The highest BCUT2D eigenvalue weighted by Crippen LogP contribution is 2.36. The molecular weight excluding hydrogens is 474 g/mol. The summed E-state index contributed by atoms with van der Waals surface area (Å²) in [5, 5.41) is 8.69. The maximum atomic E-state index is 12.7. The van der Waals surface area contributed by atoms with E-state index in [9.17, 15) is 14.4 Å². The molecule has 0 radical (unpaired) electrons. The quantitative estimate of drug-likeness (QED) is 0.366. The van der Waals surface area contributed by atoms with Crippen molar-refractivity contribution in [1.82, 2.24) is 19.6 Å². The highest BCUT2D eigenvalue weighted by atomic mass is 32.1. The van der Waals surface area contributed by atoms with Crippen molar-refractivity contribution in [3.05, 3.63) is 59.0 Å². The van der Waals surface area contributed by atoms with Gasteiger partial charge in [-0.05, 0) is 37.6 Å². The van der Waals surface area contributed by atoms with Crippen molar-refractivity contribution in [2.24, 2.45) is 0 Å². The van der Waals surface area contributed by atoms with Gasteiger partial charge in [0, 0.05) is 22.8 Å². The van der Waals surface area contributed by atoms with E-state index in [0.717, 1.165) is 22.6 Å². The topological polar surface area (TPSA) is 134 Å². The smallest absolute Gasteiger partial charge is 0.378 e. The lowest BCUT2D eigenvalue weighted by atomic mass is 10.0. The Balaban J connectivity index is 1.48. The Morgan fingerprint density at radius 1 is 1.09 bits per heavy atom. The SMILES string of the molecule is CCOC(=O)c1c(-c2ccc(OC)cc2)csc1NC(=O)COC(=O)c1nc2nccc(C)n2n1. The van der Waals surface area contributed by atoms with Gasteiger partial charge in [-0.3, -0.25) is 4.79 Å². The first-order chi connectivity index (χ1) is 16.9. The number of amides is 1. The number of hydrogen-bond acceptors (Lipinski definition) is 10. The summed E-state index contributed by atoms with van der Waals surface area (Å²) in [4.78, 5) is 45.6. The molecule has 0 atom stereocenters. The van der Waals surface area contributed by atoms with Gasteiger partial charge in [0.05, 0.1) is 13.7 Å². The van der Waals surface area contributed by atoms with Gasteiger partial charge in [-0.2, -0.15) is 4.98 Å². The number of ether oxygens (including phenoxy) is 3. The molecular formula is C23H21N5O6S. The molecule has 0 fully saturated rings. The maximum absolute atomic E-state index is 12.7. The molecule has 0 aliphatic rings. The molecule has 4 aromatic rings. The molecule has 0 spiro atoms. The summed E-state index contributed by atoms with van der Waals surface area (Å²) in [6.45, 7) is 3.05. The van der Waals surface area contributed by atoms with E-state index in [1.165, 1.54) is 4.52 Å². The van der Waals surface area contributed by atoms with Crippen LogP contribution in [-0.2, 0) is 14.3 Å². The second-order valence-corrected chi connectivity index (χ2v) is 8.04. The average Bonchev–Trinajstić information content (AvgIpc) is 3.48. The Labute approximate surface area is 203 Å². The molecule has 0 aliphatic carbocycles. The third-order valence-electron chi connectivity index (χ3n) is 4.87. The third-order valence-corrected chi connectivity index (χ3v) is 5.77. The fourth-order valence-electron chi connectivity index (χ4n) is 3.19. The minimum Gasteiger partial charge on any atom is -0.497 e. The molecule has 3 aromatic heterocycles. The van der Waals surface area contributed by atoms with E-state index in [-0.39, 0.29) is 28.8 Å². The largest absolute Gasteiger partial charge is 0.497 e. The van der Waals surface area contributed by atoms with Crippen LogP contribution in [0.5, 0.6) is 5.75 Å². The summed E-state index contributed by atoms with van der Waals surface area (Å²) in [5.41, 5.74) is 2.29. The van der Waals surface area contributed by atoms with Crippen molar-refractivity contribution >= 4 is 40.0 Å². The van der Waals surface area contributed by atoms with Crippen molar-refractivity contribution < 1.29 is 28.6 Å². The summed E-state index contributed by atoms with van der Waals surface area (Å²) in [7, 11) is 1.56.